The van der Waals surface area contributed by atoms with E-state index in [0.29, 0.717) is 0 Å². The number of nitrogens with zero attached hydrogens (tertiary/aromatic N) is 1. The Morgan fingerprint density at radius 1 is 0.775 bits per heavy atom. The fraction of sp³-hybridized carbons (Fsp3) is 0.156. The van der Waals surface area contributed by atoms with Crippen molar-refractivity contribution in [3.05, 3.63) is 119 Å². The third-order valence-corrected chi connectivity index (χ3v) is 9.64. The number of carbonyl (C=O) groups is 2. The molecule has 40 heavy (non-hydrogen) atoms. The quantitative estimate of drug-likeness (QED) is 0.163. The van der Waals surface area contributed by atoms with E-state index in [-0.39, 0.29) is 28.6 Å². The van der Waals surface area contributed by atoms with Crippen LogP contribution in [0.25, 0.3) is 10.2 Å². The van der Waals surface area contributed by atoms with Crippen molar-refractivity contribution in [2.75, 3.05) is 22.1 Å². The van der Waals surface area contributed by atoms with Gasteiger partial charge in [-0.2, -0.15) is 0 Å². The minimum Gasteiger partial charge on any atom is -0.325 e. The minimum absolute atomic E-state index is 0.115. The fourth-order valence-corrected chi connectivity index (χ4v) is 7.38. The van der Waals surface area contributed by atoms with E-state index in [1.54, 1.807) is 23.1 Å². The number of anilines is 2. The number of thiazole rings is 1. The average Bonchev–Trinajstić information content (AvgIpc) is 3.36. The lowest BCUT2D eigenvalue weighted by Crippen LogP contribution is -2.19. The lowest BCUT2D eigenvalue weighted by Gasteiger charge is -2.16. The summed E-state index contributed by atoms with van der Waals surface area (Å²) in [5, 5.41) is 6.05. The molecule has 0 spiro atoms. The first-order chi connectivity index (χ1) is 19.5. The summed E-state index contributed by atoms with van der Waals surface area (Å²) in [7, 11) is 0. The summed E-state index contributed by atoms with van der Waals surface area (Å²) < 4.78 is 1.99. The molecule has 2 N–H and O–H groups in total. The number of thioether (sulfide) groups is 2. The van der Waals surface area contributed by atoms with E-state index < -0.39 is 0 Å². The number of hydrogen-bond donors (Lipinski definition) is 2. The van der Waals surface area contributed by atoms with E-state index in [2.05, 4.69) is 59.2 Å². The molecule has 0 fully saturated rings. The number of benzene rings is 4. The third-order valence-electron chi connectivity index (χ3n) is 6.29. The number of rotatable bonds is 10. The van der Waals surface area contributed by atoms with Crippen molar-refractivity contribution in [2.24, 2.45) is 0 Å². The number of aryl methyl sites for hydroxylation is 2. The van der Waals surface area contributed by atoms with E-state index >= 15 is 0 Å². The van der Waals surface area contributed by atoms with Crippen LogP contribution in [0.1, 0.15) is 27.5 Å². The Labute approximate surface area is 246 Å². The van der Waals surface area contributed by atoms with Crippen molar-refractivity contribution in [3.8, 4) is 0 Å². The first-order valence-electron chi connectivity index (χ1n) is 12.9. The molecule has 0 saturated carbocycles. The third kappa shape index (κ3) is 7.13. The molecule has 0 aliphatic rings. The van der Waals surface area contributed by atoms with Crippen LogP contribution < -0.4 is 10.6 Å². The Morgan fingerprint density at radius 2 is 1.38 bits per heavy atom. The van der Waals surface area contributed by atoms with Gasteiger partial charge in [0, 0.05) is 11.4 Å². The molecule has 0 aliphatic carbocycles. The van der Waals surface area contributed by atoms with E-state index in [1.165, 1.54) is 22.9 Å². The van der Waals surface area contributed by atoms with Crippen molar-refractivity contribution in [2.45, 2.75) is 23.4 Å². The van der Waals surface area contributed by atoms with Gasteiger partial charge in [-0.25, -0.2) is 4.98 Å². The smallest absolute Gasteiger partial charge is 0.234 e. The zero-order valence-electron chi connectivity index (χ0n) is 22.2. The molecule has 2 amide bonds. The van der Waals surface area contributed by atoms with Crippen molar-refractivity contribution in [1.29, 1.82) is 0 Å². The molecule has 4 aromatic carbocycles. The number of carbonyl (C=O) groups excluding carboxylic acids is 2. The van der Waals surface area contributed by atoms with Gasteiger partial charge in [-0.05, 0) is 54.3 Å². The Hall–Kier alpha value is -3.59. The van der Waals surface area contributed by atoms with Gasteiger partial charge >= 0.3 is 0 Å². The summed E-state index contributed by atoms with van der Waals surface area (Å²) in [6.07, 6.45) is 0. The molecule has 8 heteroatoms. The van der Waals surface area contributed by atoms with Gasteiger partial charge < -0.3 is 10.6 Å². The molecule has 0 bridgehead atoms. The normalized spacial score (nSPS) is 11.1. The summed E-state index contributed by atoms with van der Waals surface area (Å²) in [6.45, 7) is 3.94. The molecule has 0 saturated heterocycles. The second kappa shape index (κ2) is 13.2. The Balaban J connectivity index is 1.19. The van der Waals surface area contributed by atoms with Crippen LogP contribution in [0.4, 0.5) is 11.4 Å². The predicted molar refractivity (Wildman–Crippen MR) is 171 cm³/mol. The standard InChI is InChI=1S/C32H29N3O2S3/c1-21-10-9-11-22(2)30(21)35-29(37)20-38-19-28(36)33-25-16-17-26-27(18-25)39-32(34-26)40-31(23-12-5-3-6-13-23)24-14-7-4-8-15-24/h3-18,31H,19-20H2,1-2H3,(H,33,36)(H,35,37). The fourth-order valence-electron chi connectivity index (χ4n) is 4.34. The van der Waals surface area contributed by atoms with E-state index in [9.17, 15) is 9.59 Å². The number of hydrogen-bond acceptors (Lipinski definition) is 6. The molecule has 0 unspecified atom stereocenters. The Morgan fingerprint density at radius 3 is 2.00 bits per heavy atom. The van der Waals surface area contributed by atoms with Crippen LogP contribution >= 0.6 is 34.9 Å². The first-order valence-corrected chi connectivity index (χ1v) is 15.7. The monoisotopic (exact) mass is 583 g/mol. The van der Waals surface area contributed by atoms with Gasteiger partial charge in [0.15, 0.2) is 4.34 Å². The van der Waals surface area contributed by atoms with Crippen LogP contribution in [0.2, 0.25) is 0 Å². The lowest BCUT2D eigenvalue weighted by molar-refractivity contribution is -0.114. The Kier molecular flexibility index (Phi) is 9.21. The molecule has 202 valence electrons. The topological polar surface area (TPSA) is 71.1 Å². The molecule has 0 radical (unpaired) electrons. The number of para-hydroxylation sites is 1. The number of fused-ring (bicyclic) bond motifs is 1. The molecule has 0 atom stereocenters. The minimum atomic E-state index is -0.142. The summed E-state index contributed by atoms with van der Waals surface area (Å²) in [5.74, 6) is 0.143. The molecule has 5 nitrogen and oxygen atoms in total. The van der Waals surface area contributed by atoms with E-state index in [4.69, 9.17) is 4.98 Å². The maximum atomic E-state index is 12.6. The van der Waals surface area contributed by atoms with E-state index in [1.807, 2.05) is 62.4 Å². The SMILES string of the molecule is Cc1cccc(C)c1NC(=O)CSCC(=O)Nc1ccc2nc(SC(c3ccccc3)c3ccccc3)sc2c1. The number of nitrogens with one attached hydrogen (secondary N) is 2. The predicted octanol–water partition coefficient (Wildman–Crippen LogP) is 8.11. The van der Waals surface area contributed by atoms with Crippen molar-refractivity contribution >= 4 is 68.3 Å². The van der Waals surface area contributed by atoms with Gasteiger partial charge in [0.1, 0.15) is 0 Å². The highest BCUT2D eigenvalue weighted by Gasteiger charge is 2.18. The van der Waals surface area contributed by atoms with Gasteiger partial charge in [-0.1, -0.05) is 90.6 Å². The van der Waals surface area contributed by atoms with Crippen molar-refractivity contribution in [3.63, 3.8) is 0 Å². The van der Waals surface area contributed by atoms with Gasteiger partial charge in [0.05, 0.1) is 27.0 Å². The van der Waals surface area contributed by atoms with Crippen molar-refractivity contribution < 1.29 is 9.59 Å². The second-order valence-electron chi connectivity index (χ2n) is 9.34. The average molecular weight is 584 g/mol. The highest BCUT2D eigenvalue weighted by atomic mass is 32.2. The van der Waals surface area contributed by atoms with Gasteiger partial charge in [-0.3, -0.25) is 9.59 Å². The van der Waals surface area contributed by atoms with Crippen LogP contribution in [0.5, 0.6) is 0 Å². The number of amides is 2. The summed E-state index contributed by atoms with van der Waals surface area (Å²) in [4.78, 5) is 29.8. The molecule has 5 rings (SSSR count). The highest BCUT2D eigenvalue weighted by molar-refractivity contribution is 8.01. The summed E-state index contributed by atoms with van der Waals surface area (Å²) in [5.41, 5.74) is 6.96. The van der Waals surface area contributed by atoms with Crippen LogP contribution in [-0.2, 0) is 9.59 Å². The van der Waals surface area contributed by atoms with Gasteiger partial charge in [0.2, 0.25) is 11.8 Å². The van der Waals surface area contributed by atoms with Crippen LogP contribution in [0.3, 0.4) is 0 Å². The van der Waals surface area contributed by atoms with Gasteiger partial charge in [0.25, 0.3) is 0 Å². The second-order valence-corrected chi connectivity index (χ2v) is 12.7. The van der Waals surface area contributed by atoms with Crippen LogP contribution in [0.15, 0.2) is 101 Å². The highest BCUT2D eigenvalue weighted by Crippen LogP contribution is 2.43. The molecule has 1 aromatic heterocycles. The molecule has 5 aromatic rings. The van der Waals surface area contributed by atoms with Crippen LogP contribution in [0, 0.1) is 13.8 Å². The van der Waals surface area contributed by atoms with E-state index in [0.717, 1.165) is 37.1 Å². The first kappa shape index (κ1) is 28.0. The zero-order valence-corrected chi connectivity index (χ0v) is 24.7. The van der Waals surface area contributed by atoms with Crippen molar-refractivity contribution in [1.82, 2.24) is 4.98 Å². The molecule has 1 heterocycles. The summed E-state index contributed by atoms with van der Waals surface area (Å²) >= 11 is 4.65. The largest absolute Gasteiger partial charge is 0.325 e. The molecular weight excluding hydrogens is 555 g/mol. The maximum Gasteiger partial charge on any atom is 0.234 e. The Bertz CT molecular complexity index is 1560. The summed E-state index contributed by atoms with van der Waals surface area (Å²) in [6, 6.07) is 32.6. The van der Waals surface area contributed by atoms with Crippen LogP contribution in [-0.4, -0.2) is 28.3 Å². The lowest BCUT2D eigenvalue weighted by atomic mass is 10.0. The molecular formula is C32H29N3O2S3. The zero-order chi connectivity index (χ0) is 27.9. The number of aromatic nitrogens is 1. The molecule has 0 aliphatic heterocycles. The maximum absolute atomic E-state index is 12.6. The van der Waals surface area contributed by atoms with Gasteiger partial charge in [-0.15, -0.1) is 23.1 Å².